The van der Waals surface area contributed by atoms with Crippen LogP contribution in [0.1, 0.15) is 73.5 Å². The van der Waals surface area contributed by atoms with Crippen LogP contribution in [0.4, 0.5) is 0 Å². The minimum absolute atomic E-state index is 0.0790. The van der Waals surface area contributed by atoms with Gasteiger partial charge >= 0.3 is 0 Å². The summed E-state index contributed by atoms with van der Waals surface area (Å²) in [4.78, 5) is 80.5. The van der Waals surface area contributed by atoms with Gasteiger partial charge in [-0.05, 0) is 44.2 Å². The third kappa shape index (κ3) is 3.41. The Morgan fingerprint density at radius 3 is 1.22 bits per heavy atom. The molecule has 178 valence electrons. The van der Waals surface area contributed by atoms with Crippen LogP contribution < -0.4 is 10.9 Å². The van der Waals surface area contributed by atoms with E-state index in [4.69, 9.17) is 0 Å². The lowest BCUT2D eigenvalue weighted by molar-refractivity contribution is 0.0515. The molecule has 0 fully saturated rings. The van der Waals surface area contributed by atoms with Crippen LogP contribution in [0.5, 0.6) is 0 Å². The van der Waals surface area contributed by atoms with Gasteiger partial charge in [-0.25, -0.2) is 0 Å². The van der Waals surface area contributed by atoms with E-state index in [9.17, 15) is 28.8 Å². The Kier molecular flexibility index (Phi) is 5.17. The molecule has 36 heavy (non-hydrogen) atoms. The van der Waals surface area contributed by atoms with E-state index in [0.29, 0.717) is 10.0 Å². The van der Waals surface area contributed by atoms with Crippen LogP contribution >= 0.6 is 0 Å². The number of carbonyl (C=O) groups is 6. The van der Waals surface area contributed by atoms with Crippen molar-refractivity contribution in [3.63, 3.8) is 0 Å². The third-order valence-electron chi connectivity index (χ3n) is 5.91. The molecule has 0 spiro atoms. The number of rotatable bonds is 4. The number of hydrogen-bond acceptors (Lipinski definition) is 7. The summed E-state index contributed by atoms with van der Waals surface area (Å²) in [7, 11) is 0. The van der Waals surface area contributed by atoms with Crippen molar-refractivity contribution in [2.75, 3.05) is 0 Å². The molecule has 2 aliphatic rings. The van der Waals surface area contributed by atoms with E-state index in [2.05, 4.69) is 15.8 Å². The van der Waals surface area contributed by atoms with E-state index in [1.54, 1.807) is 24.3 Å². The highest BCUT2D eigenvalue weighted by Crippen LogP contribution is 2.23. The fourth-order valence-corrected chi connectivity index (χ4v) is 4.09. The molecule has 0 saturated carbocycles. The normalized spacial score (nSPS) is 14.2. The lowest BCUT2D eigenvalue weighted by atomic mass is 10.1. The number of imide groups is 2. The van der Waals surface area contributed by atoms with Crippen LogP contribution in [-0.4, -0.2) is 50.4 Å². The quantitative estimate of drug-likeness (QED) is 0.536. The van der Waals surface area contributed by atoms with E-state index in [1.165, 1.54) is 44.2 Å². The summed E-state index contributed by atoms with van der Waals surface area (Å²) in [6.07, 6.45) is 0. The first-order chi connectivity index (χ1) is 17.2. The lowest BCUT2D eigenvalue weighted by Gasteiger charge is -2.18. The molecule has 0 atom stereocenters. The molecule has 3 heterocycles. The molecule has 0 bridgehead atoms. The van der Waals surface area contributed by atoms with Gasteiger partial charge in [0, 0.05) is 0 Å². The zero-order valence-electron chi connectivity index (χ0n) is 19.0. The Morgan fingerprint density at radius 1 is 0.611 bits per heavy atom. The zero-order chi connectivity index (χ0) is 25.7. The summed E-state index contributed by atoms with van der Waals surface area (Å²) in [5.41, 5.74) is 5.48. The number of amides is 6. The molecule has 1 aromatic heterocycles. The number of pyridine rings is 1. The van der Waals surface area contributed by atoms with Crippen LogP contribution in [0.15, 0.2) is 54.6 Å². The summed E-state index contributed by atoms with van der Waals surface area (Å²) < 4.78 is 0. The molecule has 0 radical (unpaired) electrons. The molecule has 5 rings (SSSR count). The number of nitrogens with zero attached hydrogens (tertiary/aromatic N) is 3. The second kappa shape index (κ2) is 8.24. The minimum Gasteiger partial charge on any atom is -0.267 e. The molecular weight excluding hydrogens is 466 g/mol. The standard InChI is InChI=1S/C25H17N5O6/c1-12-18(20(31)27-29-22(33)14-7-3-4-8-15(14)23(29)34)11-19(13(2)26-12)21(32)28-30-24(35)16-9-5-6-10-17(16)25(30)36/h3-11H,1-2H3,(H,27,31)(H,28,32). The van der Waals surface area contributed by atoms with Crippen LogP contribution in [0.3, 0.4) is 0 Å². The van der Waals surface area contributed by atoms with Crippen LogP contribution in [0, 0.1) is 13.8 Å². The first-order valence-corrected chi connectivity index (χ1v) is 10.7. The maximum atomic E-state index is 13.0. The first-order valence-electron chi connectivity index (χ1n) is 10.7. The highest BCUT2D eigenvalue weighted by molar-refractivity contribution is 6.23. The topological polar surface area (TPSA) is 146 Å². The van der Waals surface area contributed by atoms with Crippen LogP contribution in [0.2, 0.25) is 0 Å². The first kappa shape index (κ1) is 22.6. The highest BCUT2D eigenvalue weighted by atomic mass is 16.2. The predicted octanol–water partition coefficient (Wildman–Crippen LogP) is 1.58. The van der Waals surface area contributed by atoms with Gasteiger partial charge in [0.25, 0.3) is 35.4 Å². The summed E-state index contributed by atoms with van der Waals surface area (Å²) in [5.74, 6) is -4.44. The zero-order valence-corrected chi connectivity index (χ0v) is 19.0. The van der Waals surface area contributed by atoms with Gasteiger partial charge in [-0.2, -0.15) is 10.0 Å². The van der Waals surface area contributed by atoms with Gasteiger partial charge in [0.15, 0.2) is 0 Å². The van der Waals surface area contributed by atoms with Crippen molar-refractivity contribution in [2.45, 2.75) is 13.8 Å². The molecular formula is C25H17N5O6. The van der Waals surface area contributed by atoms with Gasteiger partial charge in [0.2, 0.25) is 0 Å². The molecule has 3 aromatic rings. The van der Waals surface area contributed by atoms with E-state index >= 15 is 0 Å². The van der Waals surface area contributed by atoms with Gasteiger partial charge in [-0.15, -0.1) is 0 Å². The number of benzene rings is 2. The number of nitrogens with one attached hydrogen (secondary N) is 2. The highest BCUT2D eigenvalue weighted by Gasteiger charge is 2.38. The number of hydrogen-bond donors (Lipinski definition) is 2. The van der Waals surface area contributed by atoms with Crippen molar-refractivity contribution in [3.05, 3.63) is 99.4 Å². The van der Waals surface area contributed by atoms with Crippen molar-refractivity contribution < 1.29 is 28.8 Å². The molecule has 11 heteroatoms. The number of aromatic nitrogens is 1. The largest absolute Gasteiger partial charge is 0.280 e. The Bertz CT molecular complexity index is 1360. The average Bonchev–Trinajstić information content (AvgIpc) is 3.25. The van der Waals surface area contributed by atoms with Crippen molar-refractivity contribution in [1.29, 1.82) is 0 Å². The second-order valence-electron chi connectivity index (χ2n) is 8.12. The molecule has 2 N–H and O–H groups in total. The Balaban J connectivity index is 1.38. The predicted molar refractivity (Wildman–Crippen MR) is 123 cm³/mol. The summed E-state index contributed by atoms with van der Waals surface area (Å²) >= 11 is 0. The molecule has 0 unspecified atom stereocenters. The van der Waals surface area contributed by atoms with Crippen LogP contribution in [-0.2, 0) is 0 Å². The number of fused-ring (bicyclic) bond motifs is 2. The summed E-state index contributed by atoms with van der Waals surface area (Å²) in [6, 6.07) is 13.5. The summed E-state index contributed by atoms with van der Waals surface area (Å²) in [5, 5.41) is 1.20. The Hall–Kier alpha value is -5.19. The van der Waals surface area contributed by atoms with Crippen molar-refractivity contribution in [3.8, 4) is 0 Å². The molecule has 0 saturated heterocycles. The number of carbonyl (C=O) groups excluding carboxylic acids is 6. The minimum atomic E-state index is -0.843. The number of hydrazine groups is 2. The van der Waals surface area contributed by atoms with E-state index in [1.807, 2.05) is 0 Å². The molecule has 6 amide bonds. The second-order valence-corrected chi connectivity index (χ2v) is 8.12. The molecule has 2 aliphatic heterocycles. The van der Waals surface area contributed by atoms with Gasteiger partial charge in [0.05, 0.1) is 44.8 Å². The van der Waals surface area contributed by atoms with Gasteiger partial charge in [-0.3, -0.25) is 44.6 Å². The Labute approximate surface area is 203 Å². The fourth-order valence-electron chi connectivity index (χ4n) is 4.09. The average molecular weight is 483 g/mol. The van der Waals surface area contributed by atoms with Crippen molar-refractivity contribution in [2.24, 2.45) is 0 Å². The van der Waals surface area contributed by atoms with E-state index < -0.39 is 35.4 Å². The molecule has 2 aromatic carbocycles. The lowest BCUT2D eigenvalue weighted by Crippen LogP contribution is -2.47. The molecule has 0 aliphatic carbocycles. The van der Waals surface area contributed by atoms with Crippen molar-refractivity contribution >= 4 is 35.4 Å². The van der Waals surface area contributed by atoms with Gasteiger partial charge in [-0.1, -0.05) is 24.3 Å². The monoisotopic (exact) mass is 483 g/mol. The van der Waals surface area contributed by atoms with Crippen molar-refractivity contribution in [1.82, 2.24) is 25.9 Å². The van der Waals surface area contributed by atoms with Gasteiger partial charge in [0.1, 0.15) is 0 Å². The smallest absolute Gasteiger partial charge is 0.267 e. The molecule has 11 nitrogen and oxygen atoms in total. The fraction of sp³-hybridized carbons (Fsp3) is 0.0800. The van der Waals surface area contributed by atoms with E-state index in [0.717, 1.165) is 0 Å². The summed E-state index contributed by atoms with van der Waals surface area (Å²) in [6.45, 7) is 3.05. The Morgan fingerprint density at radius 2 is 0.917 bits per heavy atom. The van der Waals surface area contributed by atoms with Gasteiger partial charge < -0.3 is 0 Å². The SMILES string of the molecule is Cc1nc(C)c(C(=O)NN2C(=O)c3ccccc3C2=O)cc1C(=O)NN1C(=O)c2ccccc2C1=O. The third-order valence-corrected chi connectivity index (χ3v) is 5.91. The van der Waals surface area contributed by atoms with E-state index in [-0.39, 0.29) is 44.8 Å². The number of aryl methyl sites for hydroxylation is 2. The van der Waals surface area contributed by atoms with Crippen LogP contribution in [0.25, 0.3) is 0 Å². The maximum Gasteiger partial charge on any atom is 0.280 e. The maximum absolute atomic E-state index is 13.0.